The number of amides is 1. The van der Waals surface area contributed by atoms with Crippen molar-refractivity contribution in [2.45, 2.75) is 26.0 Å². The Labute approximate surface area is 165 Å². The summed E-state index contributed by atoms with van der Waals surface area (Å²) in [5, 5.41) is 10.5. The van der Waals surface area contributed by atoms with Gasteiger partial charge in [-0.2, -0.15) is 5.10 Å². The van der Waals surface area contributed by atoms with Gasteiger partial charge in [0.05, 0.1) is 17.5 Å². The fourth-order valence-corrected chi connectivity index (χ4v) is 2.91. The van der Waals surface area contributed by atoms with Gasteiger partial charge in [0.2, 0.25) is 0 Å². The number of hydrogen-bond acceptors (Lipinski definition) is 5. The topological polar surface area (TPSA) is 101 Å². The van der Waals surface area contributed by atoms with Crippen molar-refractivity contribution in [3.05, 3.63) is 75.2 Å². The number of hydrogen-bond donors (Lipinski definition) is 2. The van der Waals surface area contributed by atoms with E-state index in [4.69, 9.17) is 16.3 Å². The Hall–Kier alpha value is -3.19. The third-order valence-corrected chi connectivity index (χ3v) is 4.54. The first-order chi connectivity index (χ1) is 13.5. The first kappa shape index (κ1) is 19.6. The predicted octanol–water partition coefficient (Wildman–Crippen LogP) is 2.37. The van der Waals surface area contributed by atoms with Gasteiger partial charge in [0.15, 0.2) is 6.10 Å². The first-order valence-electron chi connectivity index (χ1n) is 8.62. The Morgan fingerprint density at radius 3 is 2.57 bits per heavy atom. The van der Waals surface area contributed by atoms with E-state index in [1.54, 1.807) is 42.5 Å². The molecule has 0 aliphatic heterocycles. The molecular formula is C20H18ClN3O4. The molecule has 0 bridgehead atoms. The molecule has 0 unspecified atom stereocenters. The molecule has 0 aliphatic carbocycles. The minimum Gasteiger partial charge on any atom is -0.452 e. The molecule has 3 aromatic rings. The maximum atomic E-state index is 12.2. The lowest BCUT2D eigenvalue weighted by Crippen LogP contribution is -2.35. The third-order valence-electron chi connectivity index (χ3n) is 4.18. The second kappa shape index (κ2) is 8.67. The molecule has 0 radical (unpaired) electrons. The molecule has 1 aromatic heterocycles. The number of rotatable bonds is 6. The second-order valence-corrected chi connectivity index (χ2v) is 6.57. The number of fused-ring (bicyclic) bond motifs is 1. The van der Waals surface area contributed by atoms with Crippen LogP contribution >= 0.6 is 11.6 Å². The molecule has 8 heteroatoms. The number of nitrogens with zero attached hydrogens (tertiary/aromatic N) is 1. The quantitative estimate of drug-likeness (QED) is 0.620. The number of nitrogens with one attached hydrogen (secondary N) is 2. The highest BCUT2D eigenvalue weighted by Gasteiger charge is 2.19. The smallest absolute Gasteiger partial charge is 0.312 e. The largest absolute Gasteiger partial charge is 0.452 e. The van der Waals surface area contributed by atoms with Crippen molar-refractivity contribution in [3.63, 3.8) is 0 Å². The molecular weight excluding hydrogens is 382 g/mol. The van der Waals surface area contributed by atoms with Crippen LogP contribution in [-0.2, 0) is 27.3 Å². The maximum Gasteiger partial charge on any atom is 0.312 e. The van der Waals surface area contributed by atoms with Gasteiger partial charge in [-0.05, 0) is 24.6 Å². The summed E-state index contributed by atoms with van der Waals surface area (Å²) >= 11 is 6.05. The number of H-pyrrole nitrogens is 1. The van der Waals surface area contributed by atoms with Crippen molar-refractivity contribution in [2.24, 2.45) is 0 Å². The Morgan fingerprint density at radius 1 is 1.14 bits per heavy atom. The van der Waals surface area contributed by atoms with Crippen LogP contribution in [0.4, 0.5) is 0 Å². The minimum atomic E-state index is -0.982. The molecule has 28 heavy (non-hydrogen) atoms. The number of ether oxygens (including phenoxy) is 1. The van der Waals surface area contributed by atoms with Crippen molar-refractivity contribution < 1.29 is 14.3 Å². The summed E-state index contributed by atoms with van der Waals surface area (Å²) in [6, 6.07) is 14.0. The number of benzene rings is 2. The lowest BCUT2D eigenvalue weighted by atomic mass is 10.1. The average molecular weight is 400 g/mol. The maximum absolute atomic E-state index is 12.2. The Kier molecular flexibility index (Phi) is 6.06. The number of carbonyl (C=O) groups excluding carboxylic acids is 2. The highest BCUT2D eigenvalue weighted by molar-refractivity contribution is 6.31. The van der Waals surface area contributed by atoms with Crippen LogP contribution in [0.5, 0.6) is 0 Å². The number of aromatic amines is 1. The number of esters is 1. The molecule has 0 fully saturated rings. The van der Waals surface area contributed by atoms with Gasteiger partial charge in [0, 0.05) is 17.0 Å². The molecule has 2 aromatic carbocycles. The van der Waals surface area contributed by atoms with Gasteiger partial charge in [-0.15, -0.1) is 0 Å². The Morgan fingerprint density at radius 2 is 1.82 bits per heavy atom. The van der Waals surface area contributed by atoms with Crippen LogP contribution < -0.4 is 10.9 Å². The summed E-state index contributed by atoms with van der Waals surface area (Å²) in [5.74, 6) is -1.06. The molecule has 2 N–H and O–H groups in total. The lowest BCUT2D eigenvalue weighted by Gasteiger charge is -2.14. The van der Waals surface area contributed by atoms with Crippen molar-refractivity contribution in [2.75, 3.05) is 0 Å². The van der Waals surface area contributed by atoms with Crippen LogP contribution in [0.25, 0.3) is 10.8 Å². The number of halogens is 1. The molecule has 0 saturated heterocycles. The molecule has 144 valence electrons. The Bertz CT molecular complexity index is 1080. The summed E-state index contributed by atoms with van der Waals surface area (Å²) in [7, 11) is 0. The molecule has 1 atom stereocenters. The summed E-state index contributed by atoms with van der Waals surface area (Å²) in [5.41, 5.74) is 0.809. The normalized spacial score (nSPS) is 11.8. The number of carbonyl (C=O) groups is 2. The van der Waals surface area contributed by atoms with E-state index in [9.17, 15) is 14.4 Å². The van der Waals surface area contributed by atoms with E-state index in [2.05, 4.69) is 15.5 Å². The molecule has 0 aliphatic rings. The first-order valence-corrected chi connectivity index (χ1v) is 9.00. The third kappa shape index (κ3) is 4.55. The van der Waals surface area contributed by atoms with Crippen LogP contribution in [-0.4, -0.2) is 28.2 Å². The van der Waals surface area contributed by atoms with E-state index >= 15 is 0 Å². The van der Waals surface area contributed by atoms with E-state index < -0.39 is 18.0 Å². The van der Waals surface area contributed by atoms with Gasteiger partial charge >= 0.3 is 5.97 Å². The Balaban J connectivity index is 1.60. The van der Waals surface area contributed by atoms with Crippen LogP contribution in [0, 0.1) is 0 Å². The molecule has 0 saturated carbocycles. The summed E-state index contributed by atoms with van der Waals surface area (Å²) < 4.78 is 5.20. The molecule has 1 heterocycles. The lowest BCUT2D eigenvalue weighted by molar-refractivity contribution is -0.154. The van der Waals surface area contributed by atoms with E-state index in [1.165, 1.54) is 6.92 Å². The highest BCUT2D eigenvalue weighted by atomic mass is 35.5. The van der Waals surface area contributed by atoms with Crippen molar-refractivity contribution in [3.8, 4) is 0 Å². The highest BCUT2D eigenvalue weighted by Crippen LogP contribution is 2.15. The SMILES string of the molecule is C[C@H](OC(=O)Cc1n[nH]c(=O)c2ccccc12)C(=O)NCc1ccccc1Cl. The van der Waals surface area contributed by atoms with Gasteiger partial charge in [0.1, 0.15) is 0 Å². The summed E-state index contributed by atoms with van der Waals surface area (Å²) in [4.78, 5) is 36.2. The second-order valence-electron chi connectivity index (χ2n) is 6.16. The van der Waals surface area contributed by atoms with Crippen molar-refractivity contribution in [1.29, 1.82) is 0 Å². The average Bonchev–Trinajstić information content (AvgIpc) is 2.69. The zero-order chi connectivity index (χ0) is 20.1. The molecule has 1 amide bonds. The van der Waals surface area contributed by atoms with Crippen LogP contribution in [0.3, 0.4) is 0 Å². The van der Waals surface area contributed by atoms with Gasteiger partial charge in [-0.1, -0.05) is 48.0 Å². The minimum absolute atomic E-state index is 0.167. The van der Waals surface area contributed by atoms with Gasteiger partial charge in [0.25, 0.3) is 11.5 Å². The standard InChI is InChI=1S/C20H18ClN3O4/c1-12(19(26)22-11-13-6-2-5-9-16(13)21)28-18(25)10-17-14-7-3-4-8-15(14)20(27)24-23-17/h2-9,12H,10-11H2,1H3,(H,22,26)(H,24,27)/t12-/m0/s1. The zero-order valence-electron chi connectivity index (χ0n) is 15.1. The van der Waals surface area contributed by atoms with E-state index in [1.807, 2.05) is 6.07 Å². The molecule has 3 rings (SSSR count). The fraction of sp³-hybridized carbons (Fsp3) is 0.200. The van der Waals surface area contributed by atoms with Crippen LogP contribution in [0.15, 0.2) is 53.3 Å². The van der Waals surface area contributed by atoms with E-state index in [0.29, 0.717) is 21.5 Å². The summed E-state index contributed by atoms with van der Waals surface area (Å²) in [6.45, 7) is 1.71. The van der Waals surface area contributed by atoms with Crippen molar-refractivity contribution in [1.82, 2.24) is 15.5 Å². The monoisotopic (exact) mass is 399 g/mol. The van der Waals surface area contributed by atoms with Gasteiger partial charge in [-0.25, -0.2) is 5.10 Å². The van der Waals surface area contributed by atoms with Crippen LogP contribution in [0.1, 0.15) is 18.2 Å². The fourth-order valence-electron chi connectivity index (χ4n) is 2.70. The van der Waals surface area contributed by atoms with Gasteiger partial charge in [-0.3, -0.25) is 14.4 Å². The van der Waals surface area contributed by atoms with E-state index in [-0.39, 0.29) is 18.5 Å². The van der Waals surface area contributed by atoms with Crippen molar-refractivity contribution >= 4 is 34.2 Å². The molecule has 0 spiro atoms. The number of aromatic nitrogens is 2. The summed E-state index contributed by atoms with van der Waals surface area (Å²) in [6.07, 6.45) is -1.15. The molecule has 7 nitrogen and oxygen atoms in total. The van der Waals surface area contributed by atoms with E-state index in [0.717, 1.165) is 5.56 Å². The van der Waals surface area contributed by atoms with Crippen LogP contribution in [0.2, 0.25) is 5.02 Å². The predicted molar refractivity (Wildman–Crippen MR) is 105 cm³/mol. The van der Waals surface area contributed by atoms with Gasteiger partial charge < -0.3 is 10.1 Å². The zero-order valence-corrected chi connectivity index (χ0v) is 15.8.